The molecular weight excluding hydrogens is 401 g/mol. The number of aromatic nitrogens is 1. The van der Waals surface area contributed by atoms with E-state index in [2.05, 4.69) is 10.3 Å². The highest BCUT2D eigenvalue weighted by atomic mass is 35.5. The van der Waals surface area contributed by atoms with Crippen LogP contribution in [0.1, 0.15) is 21.3 Å². The predicted octanol–water partition coefficient (Wildman–Crippen LogP) is 2.40. The van der Waals surface area contributed by atoms with Crippen molar-refractivity contribution in [3.63, 3.8) is 0 Å². The summed E-state index contributed by atoms with van der Waals surface area (Å²) in [6, 6.07) is 9.17. The van der Waals surface area contributed by atoms with Crippen molar-refractivity contribution in [3.8, 4) is 0 Å². The molecule has 3 heterocycles. The van der Waals surface area contributed by atoms with Gasteiger partial charge < -0.3 is 10.2 Å². The van der Waals surface area contributed by atoms with Gasteiger partial charge in [-0.1, -0.05) is 12.1 Å². The van der Waals surface area contributed by atoms with Crippen molar-refractivity contribution in [2.24, 2.45) is 0 Å². The summed E-state index contributed by atoms with van der Waals surface area (Å²) in [4.78, 5) is 32.2. The number of hydrogen-bond acceptors (Lipinski definition) is 5. The average molecular weight is 432 g/mol. The Kier molecular flexibility index (Phi) is 4.37. The van der Waals surface area contributed by atoms with Gasteiger partial charge in [-0.25, -0.2) is 4.98 Å². The molecule has 1 N–H and O–H groups in total. The molecule has 9 heteroatoms. The summed E-state index contributed by atoms with van der Waals surface area (Å²) in [5, 5.41) is 2.65. The van der Waals surface area contributed by atoms with Crippen molar-refractivity contribution in [3.05, 3.63) is 48.2 Å². The van der Waals surface area contributed by atoms with E-state index < -0.39 is 44.3 Å². The third-order valence-corrected chi connectivity index (χ3v) is 3.88. The molecule has 28 heavy (non-hydrogen) atoms. The molecule has 2 aromatic rings. The number of rotatable bonds is 2. The summed E-state index contributed by atoms with van der Waals surface area (Å²) >= 11 is 0. The lowest BCUT2D eigenvalue weighted by atomic mass is 10.1. The Bertz CT molecular complexity index is 1160. The lowest BCUT2D eigenvalue weighted by Gasteiger charge is -2.33. The lowest BCUT2D eigenvalue weighted by molar-refractivity contribution is -0.119. The Hall–Kier alpha value is -2.19. The van der Waals surface area contributed by atoms with Gasteiger partial charge in [-0.2, -0.15) is 0 Å². The van der Waals surface area contributed by atoms with Crippen LogP contribution < -0.4 is 10.2 Å². The summed E-state index contributed by atoms with van der Waals surface area (Å²) in [5.74, 6) is -1.45. The molecule has 2 amide bonds. The summed E-state index contributed by atoms with van der Waals surface area (Å²) in [5.41, 5.74) is 0.416. The van der Waals surface area contributed by atoms with Gasteiger partial charge >= 0.3 is 0 Å². The van der Waals surface area contributed by atoms with E-state index in [1.807, 2.05) is 0 Å². The van der Waals surface area contributed by atoms with Gasteiger partial charge in [0.05, 0.1) is 23.5 Å². The molecule has 0 unspecified atom stereocenters. The third-order valence-electron chi connectivity index (χ3n) is 3.88. The van der Waals surface area contributed by atoms with Crippen molar-refractivity contribution >= 4 is 53.8 Å². The first-order valence-corrected chi connectivity index (χ1v) is 7.85. The number of likely N-dealkylation sites (N-methyl/N-ethyl adjacent to an activating group) is 1. The van der Waals surface area contributed by atoms with E-state index in [-0.39, 0.29) is 52.5 Å². The minimum Gasteiger partial charge on any atom is -0.319 e. The highest BCUT2D eigenvalue weighted by molar-refractivity contribution is 6.17. The van der Waals surface area contributed by atoms with Crippen LogP contribution in [0.5, 0.6) is 0 Å². The van der Waals surface area contributed by atoms with Gasteiger partial charge in [-0.15, -0.1) is 24.8 Å². The first-order valence-electron chi connectivity index (χ1n) is 11.9. The molecule has 4 rings (SSSR count). The molecule has 0 radical (unpaired) electrons. The number of fused-ring (bicyclic) bond motifs is 2. The van der Waals surface area contributed by atoms with Gasteiger partial charge in [0.1, 0.15) is 0 Å². The van der Waals surface area contributed by atoms with Crippen LogP contribution >= 0.6 is 24.8 Å². The molecule has 1 aromatic carbocycles. The van der Waals surface area contributed by atoms with Crippen molar-refractivity contribution in [2.45, 2.75) is 0 Å². The number of nitrogens with zero attached hydrogens (tertiary/aromatic N) is 4. The number of carbonyl (C=O) groups excluding carboxylic acids is 2. The fourth-order valence-corrected chi connectivity index (χ4v) is 2.70. The second kappa shape index (κ2) is 9.34. The quantitative estimate of drug-likeness (QED) is 0.790. The van der Waals surface area contributed by atoms with Crippen molar-refractivity contribution in [2.75, 3.05) is 49.8 Å². The molecule has 0 spiro atoms. The van der Waals surface area contributed by atoms with Crippen molar-refractivity contribution < 1.29 is 20.6 Å². The number of piperazine rings is 1. The third kappa shape index (κ3) is 4.28. The fraction of sp³-hybridized carbons (Fsp3) is 0.316. The Morgan fingerprint density at radius 3 is 2.61 bits per heavy atom. The van der Waals surface area contributed by atoms with Gasteiger partial charge in [0, 0.05) is 43.2 Å². The van der Waals surface area contributed by atoms with Gasteiger partial charge in [-0.3, -0.25) is 19.4 Å². The van der Waals surface area contributed by atoms with E-state index in [1.165, 1.54) is 24.4 Å². The van der Waals surface area contributed by atoms with E-state index in [0.29, 0.717) is 4.90 Å². The molecular formula is C19H23Cl2N5O2. The number of anilines is 3. The maximum absolute atomic E-state index is 13.6. The van der Waals surface area contributed by atoms with E-state index in [0.717, 1.165) is 11.9 Å². The van der Waals surface area contributed by atoms with Crippen LogP contribution in [0.25, 0.3) is 0 Å². The second-order valence-corrected chi connectivity index (χ2v) is 5.67. The predicted molar refractivity (Wildman–Crippen MR) is 114 cm³/mol. The SMILES string of the molecule is Cl.Cl.[2H]C1([2H])N(C)C([2H])([2H])C([2H])([2H])N(CC(=O)N2c3ccccc3C(=O)Nc3cccnc32)C1([2H])[2H]. The zero-order valence-corrected chi connectivity index (χ0v) is 16.3. The molecule has 1 aromatic heterocycles. The van der Waals surface area contributed by atoms with Crippen LogP contribution in [0.15, 0.2) is 42.6 Å². The van der Waals surface area contributed by atoms with Crippen LogP contribution in [-0.4, -0.2) is 66.2 Å². The number of pyridine rings is 1. The van der Waals surface area contributed by atoms with Crippen LogP contribution in [0.2, 0.25) is 0 Å². The minimum absolute atomic E-state index is 0. The number of para-hydroxylation sites is 1. The molecule has 1 fully saturated rings. The number of hydrogen-bond donors (Lipinski definition) is 1. The second-order valence-electron chi connectivity index (χ2n) is 5.67. The standard InChI is InChI=1S/C19H21N5O2.2ClH/c1-22-9-11-23(12-10-22)13-17(25)24-16-7-3-2-5-14(16)19(26)21-15-6-4-8-20-18(15)24;;/h2-8H,9-13H2,1H3,(H,21,26);2*1H/i9D2,10D2,11D2,12D2;;. The Morgan fingerprint density at radius 2 is 1.86 bits per heavy atom. The zero-order chi connectivity index (χ0) is 25.3. The van der Waals surface area contributed by atoms with Gasteiger partial charge in [0.2, 0.25) is 5.91 Å². The minimum atomic E-state index is -3.11. The van der Waals surface area contributed by atoms with Crippen LogP contribution in [-0.2, 0) is 4.79 Å². The maximum Gasteiger partial charge on any atom is 0.257 e. The zero-order valence-electron chi connectivity index (χ0n) is 22.7. The van der Waals surface area contributed by atoms with E-state index in [9.17, 15) is 9.59 Å². The molecule has 7 nitrogen and oxygen atoms in total. The fourth-order valence-electron chi connectivity index (χ4n) is 2.70. The molecule has 2 aliphatic heterocycles. The van der Waals surface area contributed by atoms with Crippen LogP contribution in [0, 0.1) is 0 Å². The van der Waals surface area contributed by atoms with Gasteiger partial charge in [0.15, 0.2) is 5.82 Å². The van der Waals surface area contributed by atoms with E-state index in [1.54, 1.807) is 18.2 Å². The van der Waals surface area contributed by atoms with Crippen LogP contribution in [0.3, 0.4) is 0 Å². The number of halogens is 2. The molecule has 0 aliphatic carbocycles. The maximum atomic E-state index is 13.6. The van der Waals surface area contributed by atoms with Crippen molar-refractivity contribution in [1.82, 2.24) is 14.8 Å². The van der Waals surface area contributed by atoms with Crippen LogP contribution in [0.4, 0.5) is 17.2 Å². The number of carbonyl (C=O) groups is 2. The molecule has 1 saturated heterocycles. The topological polar surface area (TPSA) is 68.8 Å². The van der Waals surface area contributed by atoms with Gasteiger partial charge in [0.25, 0.3) is 5.91 Å². The molecule has 0 saturated carbocycles. The summed E-state index contributed by atoms with van der Waals surface area (Å²) in [6.07, 6.45) is 1.38. The lowest BCUT2D eigenvalue weighted by Crippen LogP contribution is -2.48. The van der Waals surface area contributed by atoms with Gasteiger partial charge in [-0.05, 0) is 31.3 Å². The average Bonchev–Trinajstić information content (AvgIpc) is 2.89. The smallest absolute Gasteiger partial charge is 0.257 e. The Labute approximate surface area is 187 Å². The van der Waals surface area contributed by atoms with E-state index in [4.69, 9.17) is 11.0 Å². The molecule has 0 atom stereocenters. The first kappa shape index (κ1) is 13.1. The molecule has 0 bridgehead atoms. The van der Waals surface area contributed by atoms with Crippen molar-refractivity contribution in [1.29, 1.82) is 0 Å². The van der Waals surface area contributed by atoms with E-state index >= 15 is 0 Å². The number of nitrogens with one attached hydrogen (secondary N) is 1. The molecule has 150 valence electrons. The summed E-state index contributed by atoms with van der Waals surface area (Å²) < 4.78 is 66.0. The largest absolute Gasteiger partial charge is 0.319 e. The Morgan fingerprint density at radius 1 is 1.14 bits per heavy atom. The number of amides is 2. The summed E-state index contributed by atoms with van der Waals surface area (Å²) in [6.45, 7) is -13.3. The number of benzene rings is 1. The Balaban J connectivity index is 0.00000228. The first-order chi connectivity index (χ1) is 15.7. The highest BCUT2D eigenvalue weighted by Crippen LogP contribution is 2.36. The monoisotopic (exact) mass is 431 g/mol. The molecule has 2 aliphatic rings. The highest BCUT2D eigenvalue weighted by Gasteiger charge is 2.31. The normalized spacial score (nSPS) is 28.0. The summed E-state index contributed by atoms with van der Waals surface area (Å²) in [7, 11) is 0.942.